The summed E-state index contributed by atoms with van der Waals surface area (Å²) >= 11 is 0. The predicted octanol–water partition coefficient (Wildman–Crippen LogP) is 1.13. The van der Waals surface area contributed by atoms with Crippen molar-refractivity contribution in [1.82, 2.24) is 26.3 Å². The topological polar surface area (TPSA) is 61.0 Å². The Kier molecular flexibility index (Phi) is 12.1. The molecule has 2 bridgehead atoms. The van der Waals surface area contributed by atoms with Crippen LogP contribution in [0.4, 0.5) is 0 Å². The summed E-state index contributed by atoms with van der Waals surface area (Å²) in [6, 6.07) is 7.19. The number of rotatable bonds is 1. The molecule has 191 valence electrons. The second-order valence-corrected chi connectivity index (χ2v) is 10.9. The van der Waals surface area contributed by atoms with Crippen molar-refractivity contribution in [3.8, 4) is 0 Å². The van der Waals surface area contributed by atoms with E-state index in [1.807, 2.05) is 0 Å². The molecule has 5 nitrogen and oxygen atoms in total. The van der Waals surface area contributed by atoms with Crippen molar-refractivity contribution >= 4 is 0 Å². The van der Waals surface area contributed by atoms with Gasteiger partial charge in [0, 0.05) is 50.3 Å². The van der Waals surface area contributed by atoms with Gasteiger partial charge in [-0.3, -0.25) is 4.98 Å². The van der Waals surface area contributed by atoms with Crippen LogP contribution in [0, 0.1) is 0 Å². The number of nitrogens with zero attached hydrogens (tertiary/aromatic N) is 1. The minimum Gasteiger partial charge on any atom is -1.00 e. The first-order chi connectivity index (χ1) is 15.8. The summed E-state index contributed by atoms with van der Waals surface area (Å²) in [5.74, 6) is 0.736. The average molecular weight is 530 g/mol. The monoisotopic (exact) mass is 529 g/mol. The van der Waals surface area contributed by atoms with Crippen LogP contribution in [0.15, 0.2) is 12.1 Å². The van der Waals surface area contributed by atoms with E-state index < -0.39 is 0 Å². The van der Waals surface area contributed by atoms with Gasteiger partial charge in [-0.1, -0.05) is 44.9 Å². The van der Waals surface area contributed by atoms with Gasteiger partial charge in [0.1, 0.15) is 0 Å². The summed E-state index contributed by atoms with van der Waals surface area (Å²) < 4.78 is 0. The van der Waals surface area contributed by atoms with Crippen molar-refractivity contribution in [1.29, 1.82) is 0 Å². The van der Waals surface area contributed by atoms with E-state index >= 15 is 0 Å². The van der Waals surface area contributed by atoms with E-state index in [2.05, 4.69) is 33.4 Å². The largest absolute Gasteiger partial charge is 2.00 e. The van der Waals surface area contributed by atoms with Crippen LogP contribution in [-0.2, 0) is 30.2 Å². The molecule has 1 aromatic rings. The molecule has 0 amide bonds. The summed E-state index contributed by atoms with van der Waals surface area (Å²) in [7, 11) is 0. The van der Waals surface area contributed by atoms with Gasteiger partial charge in [-0.15, -0.1) is 0 Å². The van der Waals surface area contributed by atoms with Crippen LogP contribution in [-0.4, -0.2) is 42.2 Å². The number of hydrogen-bond acceptors (Lipinski definition) is 5. The Morgan fingerprint density at radius 2 is 0.971 bits per heavy atom. The maximum Gasteiger partial charge on any atom is 2.00 e. The number of aromatic nitrogens is 1. The van der Waals surface area contributed by atoms with Crippen LogP contribution in [0.25, 0.3) is 0 Å². The van der Waals surface area contributed by atoms with Gasteiger partial charge in [-0.2, -0.15) is 0 Å². The molecule has 3 aliphatic carbocycles. The third-order valence-electron chi connectivity index (χ3n) is 8.59. The minimum atomic E-state index is 0. The second kappa shape index (κ2) is 14.5. The fourth-order valence-corrected chi connectivity index (χ4v) is 6.75. The quantitative estimate of drug-likeness (QED) is 0.411. The Hall–Kier alpha value is -0.201. The van der Waals surface area contributed by atoms with Gasteiger partial charge in [-0.05, 0) is 62.1 Å². The molecule has 4 aliphatic rings. The smallest absolute Gasteiger partial charge is 1.00 e. The predicted molar refractivity (Wildman–Crippen MR) is 132 cm³/mol. The van der Waals surface area contributed by atoms with E-state index in [-0.39, 0.29) is 29.5 Å². The molecule has 34 heavy (non-hydrogen) atoms. The van der Waals surface area contributed by atoms with Crippen LogP contribution in [0.5, 0.6) is 0 Å². The zero-order valence-corrected chi connectivity index (χ0v) is 22.7. The maximum atomic E-state index is 5.15. The molecule has 4 atom stereocenters. The third kappa shape index (κ3) is 7.65. The molecule has 0 aromatic carbocycles. The Balaban J connectivity index is 0.00000162. The fourth-order valence-electron chi connectivity index (χ4n) is 6.75. The molecule has 1 aliphatic heterocycles. The minimum absolute atomic E-state index is 0. The van der Waals surface area contributed by atoms with Gasteiger partial charge in [-0.25, -0.2) is 0 Å². The van der Waals surface area contributed by atoms with Gasteiger partial charge >= 0.3 is 17.1 Å². The standard InChI is InChI=1S/C27H45N5.ClH.Mn/c1-2-8-20(9-3-1)21-16-22-18-30-26-12-6-4-10-24(26)28-14-15-29-25-11-5-7-13-27(25)31-19-23(17-21)32-22;;/h16-17,20,24-31H,1-15,18-19H2;1H;/q;;+2/p-1/t24-,25-,26-,27-;;/m1../s1. The van der Waals surface area contributed by atoms with E-state index in [1.165, 1.54) is 94.9 Å². The molecule has 7 heteroatoms. The van der Waals surface area contributed by atoms with Crippen LogP contribution in [0.2, 0.25) is 0 Å². The molecule has 0 spiro atoms. The summed E-state index contributed by atoms with van der Waals surface area (Å²) in [6.45, 7) is 3.95. The maximum absolute atomic E-state index is 5.15. The molecule has 3 fully saturated rings. The fraction of sp³-hybridized carbons (Fsp3) is 0.815. The van der Waals surface area contributed by atoms with E-state index in [4.69, 9.17) is 4.98 Å². The van der Waals surface area contributed by atoms with Crippen molar-refractivity contribution in [2.24, 2.45) is 0 Å². The molecule has 2 heterocycles. The molecular formula is C27H45ClMnN5+. The zero-order chi connectivity index (χ0) is 21.6. The van der Waals surface area contributed by atoms with E-state index in [0.29, 0.717) is 24.2 Å². The average Bonchev–Trinajstić information content (AvgIpc) is 2.85. The molecule has 4 N–H and O–H groups in total. The molecular weight excluding hydrogens is 485 g/mol. The summed E-state index contributed by atoms with van der Waals surface area (Å²) in [5, 5.41) is 15.6. The van der Waals surface area contributed by atoms with Crippen LogP contribution in [0.1, 0.15) is 106 Å². The summed E-state index contributed by atoms with van der Waals surface area (Å²) in [4.78, 5) is 5.15. The summed E-state index contributed by atoms with van der Waals surface area (Å²) in [5.41, 5.74) is 4.05. The molecule has 5 rings (SSSR count). The Bertz CT molecular complexity index is 681. The number of nitrogens with one attached hydrogen (secondary N) is 4. The van der Waals surface area contributed by atoms with Gasteiger partial charge < -0.3 is 33.7 Å². The first-order valence-electron chi connectivity index (χ1n) is 13.8. The molecule has 1 aromatic heterocycles. The van der Waals surface area contributed by atoms with Crippen molar-refractivity contribution in [3.05, 3.63) is 29.1 Å². The van der Waals surface area contributed by atoms with Gasteiger partial charge in [0.05, 0.1) is 11.4 Å². The summed E-state index contributed by atoms with van der Waals surface area (Å²) in [6.07, 6.45) is 17.5. The molecule has 3 saturated carbocycles. The van der Waals surface area contributed by atoms with E-state index in [9.17, 15) is 0 Å². The Morgan fingerprint density at radius 1 is 0.559 bits per heavy atom. The second-order valence-electron chi connectivity index (χ2n) is 10.9. The van der Waals surface area contributed by atoms with Gasteiger partial charge in [0.2, 0.25) is 0 Å². The molecule has 0 saturated heterocycles. The van der Waals surface area contributed by atoms with Crippen LogP contribution >= 0.6 is 0 Å². The van der Waals surface area contributed by atoms with Crippen molar-refractivity contribution in [3.63, 3.8) is 0 Å². The van der Waals surface area contributed by atoms with Gasteiger partial charge in [0.15, 0.2) is 0 Å². The van der Waals surface area contributed by atoms with Crippen molar-refractivity contribution in [2.45, 2.75) is 127 Å². The van der Waals surface area contributed by atoms with Crippen molar-refractivity contribution < 1.29 is 29.5 Å². The Morgan fingerprint density at radius 3 is 1.44 bits per heavy atom. The number of pyridine rings is 1. The number of hydrogen-bond donors (Lipinski definition) is 4. The Labute approximate surface area is 224 Å². The molecule has 0 unspecified atom stereocenters. The van der Waals surface area contributed by atoms with Crippen LogP contribution < -0.4 is 33.7 Å². The first-order valence-corrected chi connectivity index (χ1v) is 13.8. The first kappa shape index (κ1) is 28.4. The van der Waals surface area contributed by atoms with Crippen LogP contribution in [0.3, 0.4) is 0 Å². The number of halogens is 1. The SMILES string of the molecule is [Cl-].[Mn+2].c1c(C2CCCCC2)cc2nc1CN[C@@H]1CCCC[C@H]1NCCN[C@@H]1CCCC[C@H]1NC2. The number of fused-ring (bicyclic) bond motifs is 4. The molecule has 1 radical (unpaired) electrons. The van der Waals surface area contributed by atoms with E-state index in [0.717, 1.165) is 32.1 Å². The van der Waals surface area contributed by atoms with Crippen molar-refractivity contribution in [2.75, 3.05) is 13.1 Å². The van der Waals surface area contributed by atoms with E-state index in [1.54, 1.807) is 5.56 Å². The zero-order valence-electron chi connectivity index (χ0n) is 20.8. The normalized spacial score (nSPS) is 31.4. The van der Waals surface area contributed by atoms with Gasteiger partial charge in [0.25, 0.3) is 0 Å². The third-order valence-corrected chi connectivity index (χ3v) is 8.59.